The maximum atomic E-state index is 12.8. The Kier molecular flexibility index (Phi) is 8.22. The lowest BCUT2D eigenvalue weighted by atomic mass is 10.1. The van der Waals surface area contributed by atoms with Crippen molar-refractivity contribution in [1.82, 2.24) is 25.1 Å². The highest BCUT2D eigenvalue weighted by Crippen LogP contribution is 2.26. The lowest BCUT2D eigenvalue weighted by Crippen LogP contribution is -2.35. The van der Waals surface area contributed by atoms with Crippen LogP contribution >= 0.6 is 11.8 Å². The van der Waals surface area contributed by atoms with E-state index in [1.54, 1.807) is 22.9 Å². The molecule has 1 atom stereocenters. The fraction of sp³-hybridized carbons (Fsp3) is 0.480. The van der Waals surface area contributed by atoms with E-state index < -0.39 is 0 Å². The second-order valence-electron chi connectivity index (χ2n) is 9.11. The number of thioether (sulfide) groups is 1. The molecule has 9 nitrogen and oxygen atoms in total. The van der Waals surface area contributed by atoms with Gasteiger partial charge in [-0.1, -0.05) is 50.7 Å². The molecule has 1 aromatic carbocycles. The van der Waals surface area contributed by atoms with Gasteiger partial charge in [0.15, 0.2) is 10.8 Å². The molecule has 0 bridgehead atoms. The molecule has 4 rings (SSSR count). The first-order valence-electron chi connectivity index (χ1n) is 12.2. The molecule has 2 amide bonds. The average Bonchev–Trinajstić information content (AvgIpc) is 3.45. The summed E-state index contributed by atoms with van der Waals surface area (Å²) in [6.45, 7) is 8.54. The van der Waals surface area contributed by atoms with Crippen LogP contribution < -0.4 is 15.5 Å². The Morgan fingerprint density at radius 3 is 2.77 bits per heavy atom. The molecule has 10 heteroatoms. The van der Waals surface area contributed by atoms with Crippen LogP contribution in [0, 0.1) is 11.8 Å². The molecule has 0 aliphatic carbocycles. The summed E-state index contributed by atoms with van der Waals surface area (Å²) >= 11 is 1.63. The summed E-state index contributed by atoms with van der Waals surface area (Å²) in [6, 6.07) is 9.47. The minimum Gasteiger partial charge on any atom is -0.369 e. The fourth-order valence-electron chi connectivity index (χ4n) is 3.96. The van der Waals surface area contributed by atoms with Crippen LogP contribution in [0.4, 0.5) is 11.5 Å². The number of benzene rings is 1. The Labute approximate surface area is 210 Å². The van der Waals surface area contributed by atoms with Crippen molar-refractivity contribution in [2.45, 2.75) is 45.3 Å². The molecule has 1 aliphatic heterocycles. The largest absolute Gasteiger partial charge is 0.369 e. The second-order valence-corrected chi connectivity index (χ2v) is 10.2. The van der Waals surface area contributed by atoms with Gasteiger partial charge in [-0.05, 0) is 24.5 Å². The van der Waals surface area contributed by atoms with E-state index in [9.17, 15) is 9.59 Å². The van der Waals surface area contributed by atoms with Crippen LogP contribution in [0.1, 0.15) is 33.6 Å². The number of carbonyl (C=O) groups is 2. The van der Waals surface area contributed by atoms with E-state index in [0.717, 1.165) is 46.4 Å². The SMILES string of the molecule is CCCSc1nc(NCC(C)C)c2cnn(CCNC(=O)C3CC(=O)N(c4ccccc4)C3)c2n1. The highest BCUT2D eigenvalue weighted by molar-refractivity contribution is 7.99. The third-order valence-electron chi connectivity index (χ3n) is 5.78. The molecule has 1 fully saturated rings. The van der Waals surface area contributed by atoms with Crippen LogP contribution in [0.2, 0.25) is 0 Å². The first-order valence-corrected chi connectivity index (χ1v) is 13.2. The van der Waals surface area contributed by atoms with E-state index in [4.69, 9.17) is 9.97 Å². The van der Waals surface area contributed by atoms with Gasteiger partial charge in [0.05, 0.1) is 24.0 Å². The molecule has 1 aliphatic rings. The quantitative estimate of drug-likeness (QED) is 0.309. The number of para-hydroxylation sites is 1. The third-order valence-corrected chi connectivity index (χ3v) is 6.83. The van der Waals surface area contributed by atoms with Crippen LogP contribution in [0.25, 0.3) is 11.0 Å². The number of rotatable bonds is 11. The minimum atomic E-state index is -0.358. The first kappa shape index (κ1) is 25.0. The van der Waals surface area contributed by atoms with E-state index in [2.05, 4.69) is 36.5 Å². The Morgan fingerprint density at radius 2 is 2.03 bits per heavy atom. The molecule has 35 heavy (non-hydrogen) atoms. The summed E-state index contributed by atoms with van der Waals surface area (Å²) in [4.78, 5) is 36.3. The molecule has 1 saturated heterocycles. The molecule has 0 saturated carbocycles. The summed E-state index contributed by atoms with van der Waals surface area (Å²) in [5, 5.41) is 12.5. The van der Waals surface area contributed by atoms with Crippen molar-refractivity contribution in [3.63, 3.8) is 0 Å². The van der Waals surface area contributed by atoms with Crippen molar-refractivity contribution in [2.24, 2.45) is 11.8 Å². The number of nitrogens with zero attached hydrogens (tertiary/aromatic N) is 5. The topological polar surface area (TPSA) is 105 Å². The number of nitrogens with one attached hydrogen (secondary N) is 2. The summed E-state index contributed by atoms with van der Waals surface area (Å²) in [6.07, 6.45) is 3.04. The summed E-state index contributed by atoms with van der Waals surface area (Å²) < 4.78 is 1.81. The lowest BCUT2D eigenvalue weighted by molar-refractivity contribution is -0.126. The van der Waals surface area contributed by atoms with Gasteiger partial charge in [0.2, 0.25) is 11.8 Å². The zero-order valence-electron chi connectivity index (χ0n) is 20.5. The lowest BCUT2D eigenvalue weighted by Gasteiger charge is -2.16. The molecule has 186 valence electrons. The molecule has 3 heterocycles. The number of hydrogen-bond acceptors (Lipinski definition) is 7. The van der Waals surface area contributed by atoms with Crippen LogP contribution in [-0.2, 0) is 16.1 Å². The molecule has 3 aromatic rings. The van der Waals surface area contributed by atoms with E-state index >= 15 is 0 Å². The highest BCUT2D eigenvalue weighted by Gasteiger charge is 2.34. The van der Waals surface area contributed by atoms with E-state index in [0.29, 0.717) is 25.6 Å². The van der Waals surface area contributed by atoms with Crippen molar-refractivity contribution in [3.05, 3.63) is 36.5 Å². The third kappa shape index (κ3) is 6.11. The second kappa shape index (κ2) is 11.5. The number of anilines is 2. The molecular formula is C25H33N7O2S. The van der Waals surface area contributed by atoms with Crippen LogP contribution in [0.3, 0.4) is 0 Å². The molecule has 0 spiro atoms. The fourth-order valence-corrected chi connectivity index (χ4v) is 4.66. The monoisotopic (exact) mass is 495 g/mol. The number of carbonyl (C=O) groups excluding carboxylic acids is 2. The predicted molar refractivity (Wildman–Crippen MR) is 140 cm³/mol. The Hall–Kier alpha value is -3.14. The summed E-state index contributed by atoms with van der Waals surface area (Å²) in [5.74, 6) is 1.73. The van der Waals surface area contributed by atoms with Crippen LogP contribution in [-0.4, -0.2) is 56.9 Å². The van der Waals surface area contributed by atoms with Gasteiger partial charge in [-0.15, -0.1) is 0 Å². The minimum absolute atomic E-state index is 0.0235. The summed E-state index contributed by atoms with van der Waals surface area (Å²) in [7, 11) is 0. The van der Waals surface area contributed by atoms with Crippen molar-refractivity contribution in [3.8, 4) is 0 Å². The van der Waals surface area contributed by atoms with Crippen LogP contribution in [0.5, 0.6) is 0 Å². The maximum Gasteiger partial charge on any atom is 0.227 e. The smallest absolute Gasteiger partial charge is 0.227 e. The zero-order chi connectivity index (χ0) is 24.8. The van der Waals surface area contributed by atoms with Gasteiger partial charge >= 0.3 is 0 Å². The van der Waals surface area contributed by atoms with Crippen molar-refractivity contribution < 1.29 is 9.59 Å². The van der Waals surface area contributed by atoms with E-state index in [1.165, 1.54) is 0 Å². The van der Waals surface area contributed by atoms with Crippen molar-refractivity contribution in [1.29, 1.82) is 0 Å². The van der Waals surface area contributed by atoms with Crippen molar-refractivity contribution >= 4 is 46.1 Å². The van der Waals surface area contributed by atoms with Crippen LogP contribution in [0.15, 0.2) is 41.7 Å². The van der Waals surface area contributed by atoms with Gasteiger partial charge in [0.1, 0.15) is 5.82 Å². The van der Waals surface area contributed by atoms with Gasteiger partial charge in [0.25, 0.3) is 0 Å². The Balaban J connectivity index is 1.40. The predicted octanol–water partition coefficient (Wildman–Crippen LogP) is 3.57. The molecule has 1 unspecified atom stereocenters. The number of amides is 2. The Bertz CT molecular complexity index is 1170. The van der Waals surface area contributed by atoms with Gasteiger partial charge in [0, 0.05) is 37.5 Å². The first-order chi connectivity index (χ1) is 17.0. The Morgan fingerprint density at radius 1 is 1.23 bits per heavy atom. The molecular weight excluding hydrogens is 462 g/mol. The van der Waals surface area contributed by atoms with Crippen molar-refractivity contribution in [2.75, 3.05) is 35.6 Å². The number of hydrogen-bond donors (Lipinski definition) is 2. The average molecular weight is 496 g/mol. The van der Waals surface area contributed by atoms with Gasteiger partial charge in [-0.3, -0.25) is 9.59 Å². The zero-order valence-corrected chi connectivity index (χ0v) is 21.3. The molecule has 2 aromatic heterocycles. The number of aromatic nitrogens is 4. The van der Waals surface area contributed by atoms with E-state index in [1.807, 2.05) is 35.0 Å². The van der Waals surface area contributed by atoms with E-state index in [-0.39, 0.29) is 24.2 Å². The molecule has 2 N–H and O–H groups in total. The summed E-state index contributed by atoms with van der Waals surface area (Å²) in [5.41, 5.74) is 1.58. The maximum absolute atomic E-state index is 12.8. The normalized spacial score (nSPS) is 15.8. The number of fused-ring (bicyclic) bond motifs is 1. The standard InChI is InChI=1S/C25H33N7O2S/c1-4-12-35-25-29-22(27-14-17(2)3)20-15-28-32(23(20)30-25)11-10-26-24(34)18-13-21(33)31(16-18)19-8-6-5-7-9-19/h5-9,15,17-18H,4,10-14,16H2,1-3H3,(H,26,34)(H,27,29,30). The van der Waals surface area contributed by atoms with Gasteiger partial charge < -0.3 is 15.5 Å². The van der Waals surface area contributed by atoms with Gasteiger partial charge in [-0.25, -0.2) is 14.6 Å². The molecule has 0 radical (unpaired) electrons. The van der Waals surface area contributed by atoms with Gasteiger partial charge in [-0.2, -0.15) is 5.10 Å². The highest BCUT2D eigenvalue weighted by atomic mass is 32.2.